The van der Waals surface area contributed by atoms with Crippen LogP contribution in [-0.4, -0.2) is 63.9 Å². The second-order valence-corrected chi connectivity index (χ2v) is 12.3. The minimum absolute atomic E-state index is 0.0574. The zero-order chi connectivity index (χ0) is 27.5. The number of nitrogen functional groups attached to an aromatic ring is 1. The molecule has 11 heteroatoms. The van der Waals surface area contributed by atoms with E-state index in [9.17, 15) is 10.4 Å². The van der Waals surface area contributed by atoms with E-state index in [0.717, 1.165) is 35.2 Å². The third kappa shape index (κ3) is 2.84. The van der Waals surface area contributed by atoms with Crippen LogP contribution in [-0.2, 0) is 18.0 Å². The molecule has 4 aromatic rings. The predicted molar refractivity (Wildman–Crippen MR) is 150 cm³/mol. The second-order valence-electron chi connectivity index (χ2n) is 11.3. The summed E-state index contributed by atoms with van der Waals surface area (Å²) in [6, 6.07) is 8.41. The molecule has 3 N–H and O–H groups in total. The number of nitrogens with two attached hydrogens (primary N) is 1. The van der Waals surface area contributed by atoms with Gasteiger partial charge < -0.3 is 25.2 Å². The van der Waals surface area contributed by atoms with Gasteiger partial charge in [-0.15, -0.1) is 11.3 Å². The Kier molecular flexibility index (Phi) is 4.99. The molecule has 40 heavy (non-hydrogen) atoms. The summed E-state index contributed by atoms with van der Waals surface area (Å²) >= 11 is 1.32. The molecule has 3 aliphatic heterocycles. The van der Waals surface area contributed by atoms with Crippen LogP contribution in [0.1, 0.15) is 36.5 Å². The molecule has 0 amide bonds. The lowest BCUT2D eigenvalue weighted by Gasteiger charge is -2.81. The average Bonchev–Trinajstić information content (AvgIpc) is 3.52. The monoisotopic (exact) mass is 558 g/mol. The lowest BCUT2D eigenvalue weighted by atomic mass is 9.52. The van der Waals surface area contributed by atoms with Crippen LogP contribution in [0.5, 0.6) is 6.01 Å². The summed E-state index contributed by atoms with van der Waals surface area (Å²) in [6.07, 6.45) is 1.71. The molecule has 5 heterocycles. The van der Waals surface area contributed by atoms with Crippen molar-refractivity contribution in [1.29, 1.82) is 5.26 Å². The molecule has 3 unspecified atom stereocenters. The van der Waals surface area contributed by atoms with Crippen LogP contribution in [0.3, 0.4) is 0 Å². The Bertz CT molecular complexity index is 1790. The van der Waals surface area contributed by atoms with E-state index in [1.54, 1.807) is 0 Å². The van der Waals surface area contributed by atoms with Crippen LogP contribution in [0.25, 0.3) is 32.1 Å². The Hall–Kier alpha value is -3.56. The second kappa shape index (κ2) is 8.24. The fourth-order valence-electron chi connectivity index (χ4n) is 7.70. The number of aliphatic hydroxyl groups is 1. The minimum Gasteiger partial charge on any atom is -0.467 e. The Labute approximate surface area is 233 Å². The Morgan fingerprint density at radius 2 is 2.12 bits per heavy atom. The van der Waals surface area contributed by atoms with Crippen molar-refractivity contribution in [3.8, 4) is 23.2 Å². The highest BCUT2D eigenvalue weighted by molar-refractivity contribution is 7.23. The normalized spacial score (nSPS) is 25.4. The maximum atomic E-state index is 16.9. The third-order valence-electron chi connectivity index (χ3n) is 9.42. The van der Waals surface area contributed by atoms with Gasteiger partial charge in [-0.3, -0.25) is 4.90 Å². The van der Waals surface area contributed by atoms with Crippen molar-refractivity contribution >= 4 is 43.1 Å². The van der Waals surface area contributed by atoms with E-state index < -0.39 is 5.82 Å². The van der Waals surface area contributed by atoms with E-state index in [2.05, 4.69) is 20.9 Å². The molecule has 0 radical (unpaired) electrons. The fraction of sp³-hybridized carbons (Fsp3) is 0.414. The van der Waals surface area contributed by atoms with Crippen molar-refractivity contribution in [2.45, 2.75) is 56.7 Å². The average molecular weight is 559 g/mol. The van der Waals surface area contributed by atoms with Gasteiger partial charge in [-0.2, -0.15) is 15.2 Å². The quantitative estimate of drug-likeness (QED) is 0.375. The van der Waals surface area contributed by atoms with E-state index in [4.69, 9.17) is 20.2 Å². The number of ether oxygens (including phenoxy) is 2. The van der Waals surface area contributed by atoms with Gasteiger partial charge >= 0.3 is 6.01 Å². The highest BCUT2D eigenvalue weighted by atomic mass is 32.1. The molecule has 2 aromatic carbocycles. The molecular weight excluding hydrogens is 531 g/mol. The largest absolute Gasteiger partial charge is 0.467 e. The summed E-state index contributed by atoms with van der Waals surface area (Å²) in [7, 11) is 1.49. The number of aromatic nitrogens is 2. The zero-order valence-electron chi connectivity index (χ0n) is 22.1. The van der Waals surface area contributed by atoms with Gasteiger partial charge in [0.2, 0.25) is 0 Å². The first-order valence-electron chi connectivity index (χ1n) is 13.5. The molecule has 1 spiro atoms. The maximum absolute atomic E-state index is 16.9. The number of thiophene rings is 1. The maximum Gasteiger partial charge on any atom is 0.318 e. The van der Waals surface area contributed by atoms with Gasteiger partial charge in [0.15, 0.2) is 5.82 Å². The molecule has 1 aliphatic carbocycles. The summed E-state index contributed by atoms with van der Waals surface area (Å²) in [5, 5.41) is 21.6. The lowest BCUT2D eigenvalue weighted by Crippen LogP contribution is -2.96. The first-order chi connectivity index (χ1) is 19.4. The Balaban J connectivity index is 1.35. The molecule has 2 aromatic heterocycles. The first-order valence-corrected chi connectivity index (χ1v) is 14.3. The summed E-state index contributed by atoms with van der Waals surface area (Å²) < 4.78 is 29.1. The smallest absolute Gasteiger partial charge is 0.318 e. The van der Waals surface area contributed by atoms with Gasteiger partial charge in [0.25, 0.3) is 0 Å². The number of halogens is 1. The van der Waals surface area contributed by atoms with Gasteiger partial charge in [0.05, 0.1) is 55.0 Å². The molecule has 9 nitrogen and oxygen atoms in total. The van der Waals surface area contributed by atoms with Gasteiger partial charge in [0.1, 0.15) is 22.4 Å². The van der Waals surface area contributed by atoms with E-state index in [0.29, 0.717) is 51.4 Å². The number of anilines is 2. The molecule has 0 bridgehead atoms. The molecule has 4 atom stereocenters. The highest BCUT2D eigenvalue weighted by Gasteiger charge is 2.75. The Morgan fingerprint density at radius 1 is 1.30 bits per heavy atom. The summed E-state index contributed by atoms with van der Waals surface area (Å²) in [5.74, 6) is 0.207. The number of benzene rings is 2. The number of likely N-dealkylation sites (tertiary alicyclic amines) is 1. The van der Waals surface area contributed by atoms with Gasteiger partial charge in [0, 0.05) is 28.7 Å². The van der Waals surface area contributed by atoms with Crippen LogP contribution in [0.4, 0.5) is 15.2 Å². The predicted octanol–water partition coefficient (Wildman–Crippen LogP) is 3.93. The van der Waals surface area contributed by atoms with Gasteiger partial charge in [-0.05, 0) is 42.5 Å². The van der Waals surface area contributed by atoms with E-state index in [1.165, 1.54) is 18.4 Å². The molecule has 204 valence electrons. The number of methoxy groups -OCH3 is 1. The number of β-amino-alcohol motifs (C(OH)–C–C–N with tert-alkyl or cyclic N) is 1. The van der Waals surface area contributed by atoms with Crippen molar-refractivity contribution in [2.75, 3.05) is 30.8 Å². The van der Waals surface area contributed by atoms with Crippen LogP contribution >= 0.6 is 11.3 Å². The number of hydrogen-bond donors (Lipinski definition) is 2. The number of piperidine rings is 1. The number of fused-ring (bicyclic) bond motifs is 4. The van der Waals surface area contributed by atoms with Crippen LogP contribution in [0.15, 0.2) is 18.2 Å². The SMILES string of the molecule is COc1nc(N2C3CCC34C2CN4C[C@H](C)O)c2c3c(c(-c4cccc5sc(N)c(C#N)c45)c(F)c2n1)COC3. The van der Waals surface area contributed by atoms with Crippen molar-refractivity contribution in [1.82, 2.24) is 14.9 Å². The Morgan fingerprint density at radius 3 is 2.83 bits per heavy atom. The van der Waals surface area contributed by atoms with Crippen molar-refractivity contribution in [3.05, 3.63) is 40.7 Å². The number of piperazine rings is 1. The molecular formula is C29H27FN6O3S. The summed E-state index contributed by atoms with van der Waals surface area (Å²) in [5.41, 5.74) is 9.41. The molecule has 8 rings (SSSR count). The first kappa shape index (κ1) is 24.3. The number of nitriles is 1. The molecule has 4 aliphatic rings. The van der Waals surface area contributed by atoms with E-state index in [1.807, 2.05) is 25.1 Å². The van der Waals surface area contributed by atoms with Crippen molar-refractivity contribution in [2.24, 2.45) is 0 Å². The molecule has 2 saturated heterocycles. The van der Waals surface area contributed by atoms with Crippen LogP contribution in [0.2, 0.25) is 0 Å². The van der Waals surface area contributed by atoms with Gasteiger partial charge in [-0.1, -0.05) is 12.1 Å². The topological polar surface area (TPSA) is 121 Å². The number of aliphatic hydroxyl groups excluding tert-OH is 1. The number of rotatable bonds is 5. The zero-order valence-corrected chi connectivity index (χ0v) is 22.9. The van der Waals surface area contributed by atoms with Crippen LogP contribution < -0.4 is 15.4 Å². The summed E-state index contributed by atoms with van der Waals surface area (Å²) in [4.78, 5) is 14.1. The van der Waals surface area contributed by atoms with Crippen molar-refractivity contribution < 1.29 is 19.0 Å². The molecule has 1 saturated carbocycles. The summed E-state index contributed by atoms with van der Waals surface area (Å²) in [6.45, 7) is 3.87. The number of nitrogens with zero attached hydrogens (tertiary/aromatic N) is 5. The number of hydrogen-bond acceptors (Lipinski definition) is 10. The van der Waals surface area contributed by atoms with E-state index in [-0.39, 0.29) is 41.9 Å². The third-order valence-corrected chi connectivity index (χ3v) is 10.4. The lowest BCUT2D eigenvalue weighted by molar-refractivity contribution is -0.185. The van der Waals surface area contributed by atoms with Gasteiger partial charge in [-0.25, -0.2) is 4.39 Å². The van der Waals surface area contributed by atoms with E-state index >= 15 is 4.39 Å². The van der Waals surface area contributed by atoms with Crippen molar-refractivity contribution in [3.63, 3.8) is 0 Å². The fourth-order valence-corrected chi connectivity index (χ4v) is 8.65. The minimum atomic E-state index is -0.480. The standard InChI is InChI=1S/C29H27FN6O3S/c1-13(37)9-35-10-20-29(35)7-6-19(29)36(20)27-23-17-12-39-11-16(17)22(24(30)25(23)33-28(34-27)38-2)14-4-3-5-18-21(14)15(8-31)26(32)40-18/h3-5,13,19-20,37H,6-7,9-12,32H2,1-2H3/t13-,19?,20?,29?/m0/s1. The van der Waals surface area contributed by atoms with Crippen LogP contribution in [0, 0.1) is 17.1 Å². The molecule has 3 fully saturated rings. The highest BCUT2D eigenvalue weighted by Crippen LogP contribution is 2.62.